The zero-order valence-electron chi connectivity index (χ0n) is 5.52. The van der Waals surface area contributed by atoms with Crippen molar-refractivity contribution in [2.75, 3.05) is 13.6 Å². The van der Waals surface area contributed by atoms with Gasteiger partial charge in [-0.2, -0.15) is 5.10 Å². The molecule has 0 bridgehead atoms. The zero-order chi connectivity index (χ0) is 7.11. The van der Waals surface area contributed by atoms with E-state index in [4.69, 9.17) is 11.3 Å². The van der Waals surface area contributed by atoms with Gasteiger partial charge in [-0.15, -0.1) is 0 Å². The third kappa shape index (κ3) is 3.66. The van der Waals surface area contributed by atoms with Crippen LogP contribution >= 0.6 is 0 Å². The van der Waals surface area contributed by atoms with Crippen molar-refractivity contribution in [3.8, 4) is 0 Å². The SMILES string of the molecule is CNCCC(C=N)=NN. The monoisotopic (exact) mass is 128 g/mol. The lowest BCUT2D eigenvalue weighted by Gasteiger charge is -1.95. The highest BCUT2D eigenvalue weighted by molar-refractivity contribution is 6.29. The summed E-state index contributed by atoms with van der Waals surface area (Å²) in [5, 5.41) is 13.1. The minimum atomic E-state index is 0.615. The summed E-state index contributed by atoms with van der Waals surface area (Å²) in [5.41, 5.74) is 0.615. The molecule has 4 N–H and O–H groups in total. The predicted octanol–water partition coefficient (Wildman–Crippen LogP) is -0.440. The van der Waals surface area contributed by atoms with Gasteiger partial charge in [-0.05, 0) is 7.05 Å². The number of rotatable bonds is 4. The second-order valence-electron chi connectivity index (χ2n) is 1.62. The Hall–Kier alpha value is -0.900. The molecule has 0 aliphatic rings. The summed E-state index contributed by atoms with van der Waals surface area (Å²) >= 11 is 0. The first kappa shape index (κ1) is 8.10. The van der Waals surface area contributed by atoms with E-state index >= 15 is 0 Å². The topological polar surface area (TPSA) is 74.3 Å². The Labute approximate surface area is 54.6 Å². The molecule has 0 fully saturated rings. The van der Waals surface area contributed by atoms with Gasteiger partial charge in [-0.25, -0.2) is 0 Å². The first-order valence-electron chi connectivity index (χ1n) is 2.77. The number of hydrazone groups is 1. The van der Waals surface area contributed by atoms with E-state index in [2.05, 4.69) is 10.4 Å². The summed E-state index contributed by atoms with van der Waals surface area (Å²) in [7, 11) is 1.85. The summed E-state index contributed by atoms with van der Waals surface area (Å²) in [6.07, 6.45) is 1.88. The van der Waals surface area contributed by atoms with Crippen LogP contribution in [0.4, 0.5) is 0 Å². The average Bonchev–Trinajstić information content (AvgIpc) is 1.91. The highest BCUT2D eigenvalue weighted by atomic mass is 15.1. The molecule has 0 saturated carbocycles. The van der Waals surface area contributed by atoms with Crippen LogP contribution in [-0.2, 0) is 0 Å². The van der Waals surface area contributed by atoms with Crippen molar-refractivity contribution in [2.24, 2.45) is 10.9 Å². The Bertz CT molecular complexity index is 108. The molecule has 0 atom stereocenters. The molecule has 0 aliphatic heterocycles. The van der Waals surface area contributed by atoms with Crippen LogP contribution in [0.5, 0.6) is 0 Å². The highest BCUT2D eigenvalue weighted by Gasteiger charge is 1.90. The molecule has 0 heterocycles. The Balaban J connectivity index is 3.45. The fourth-order valence-corrected chi connectivity index (χ4v) is 0.427. The molecule has 0 aromatic rings. The maximum absolute atomic E-state index is 6.77. The van der Waals surface area contributed by atoms with Crippen molar-refractivity contribution >= 4 is 11.9 Å². The van der Waals surface area contributed by atoms with Gasteiger partial charge in [-0.3, -0.25) is 0 Å². The molecule has 9 heavy (non-hydrogen) atoms. The van der Waals surface area contributed by atoms with Crippen LogP contribution < -0.4 is 11.2 Å². The standard InChI is InChI=1S/C5H12N4/c1-8-3-2-5(4-6)9-7/h4,6,8H,2-3,7H2,1H3. The molecule has 0 rings (SSSR count). The predicted molar refractivity (Wildman–Crippen MR) is 38.9 cm³/mol. The van der Waals surface area contributed by atoms with Crippen molar-refractivity contribution < 1.29 is 0 Å². The van der Waals surface area contributed by atoms with Gasteiger partial charge in [0.15, 0.2) is 0 Å². The molecular weight excluding hydrogens is 116 g/mol. The Morgan fingerprint density at radius 3 is 2.89 bits per heavy atom. The fraction of sp³-hybridized carbons (Fsp3) is 0.600. The molecule has 52 valence electrons. The first-order chi connectivity index (χ1) is 4.35. The molecule has 4 nitrogen and oxygen atoms in total. The Kier molecular flexibility index (Phi) is 4.72. The molecule has 0 amide bonds. The van der Waals surface area contributed by atoms with Crippen molar-refractivity contribution in [1.29, 1.82) is 5.41 Å². The van der Waals surface area contributed by atoms with E-state index in [1.54, 1.807) is 0 Å². The Morgan fingerprint density at radius 2 is 2.56 bits per heavy atom. The van der Waals surface area contributed by atoms with Gasteiger partial charge in [0.2, 0.25) is 0 Å². The molecule has 0 aromatic carbocycles. The van der Waals surface area contributed by atoms with Crippen LogP contribution in [0.25, 0.3) is 0 Å². The van der Waals surface area contributed by atoms with Crippen LogP contribution in [0.1, 0.15) is 6.42 Å². The maximum atomic E-state index is 6.77. The van der Waals surface area contributed by atoms with E-state index in [1.807, 2.05) is 7.05 Å². The zero-order valence-corrected chi connectivity index (χ0v) is 5.52. The summed E-state index contributed by atoms with van der Waals surface area (Å²) in [5.74, 6) is 4.93. The van der Waals surface area contributed by atoms with Crippen molar-refractivity contribution in [1.82, 2.24) is 5.32 Å². The van der Waals surface area contributed by atoms with E-state index < -0.39 is 0 Å². The fourth-order valence-electron chi connectivity index (χ4n) is 0.427. The van der Waals surface area contributed by atoms with Gasteiger partial charge in [0.05, 0.1) is 5.71 Å². The molecule has 4 heteroatoms. The molecule has 0 aliphatic carbocycles. The molecule has 0 spiro atoms. The molecule has 0 radical (unpaired) electrons. The molecule has 0 saturated heterocycles. The van der Waals surface area contributed by atoms with Gasteiger partial charge in [0, 0.05) is 19.2 Å². The minimum absolute atomic E-state index is 0.615. The Morgan fingerprint density at radius 1 is 1.89 bits per heavy atom. The maximum Gasteiger partial charge on any atom is 0.0788 e. The third-order valence-electron chi connectivity index (χ3n) is 0.964. The molecular formula is C5H12N4. The first-order valence-corrected chi connectivity index (χ1v) is 2.77. The smallest absolute Gasteiger partial charge is 0.0788 e. The van der Waals surface area contributed by atoms with Gasteiger partial charge < -0.3 is 16.6 Å². The number of nitrogens with two attached hydrogens (primary N) is 1. The minimum Gasteiger partial charge on any atom is -0.323 e. The van der Waals surface area contributed by atoms with Crippen LogP contribution in [0, 0.1) is 5.41 Å². The van der Waals surface area contributed by atoms with E-state index in [9.17, 15) is 0 Å². The van der Waals surface area contributed by atoms with Gasteiger partial charge in [0.1, 0.15) is 0 Å². The largest absolute Gasteiger partial charge is 0.323 e. The average molecular weight is 128 g/mol. The lowest BCUT2D eigenvalue weighted by Crippen LogP contribution is -2.14. The number of nitrogens with one attached hydrogen (secondary N) is 2. The van der Waals surface area contributed by atoms with Crippen molar-refractivity contribution in [3.63, 3.8) is 0 Å². The van der Waals surface area contributed by atoms with E-state index in [0.29, 0.717) is 5.71 Å². The second-order valence-corrected chi connectivity index (χ2v) is 1.62. The van der Waals surface area contributed by atoms with E-state index in [0.717, 1.165) is 19.2 Å². The molecule has 0 unspecified atom stereocenters. The number of nitrogens with zero attached hydrogens (tertiary/aromatic N) is 1. The normalized spacial score (nSPS) is 11.4. The summed E-state index contributed by atoms with van der Waals surface area (Å²) in [6, 6.07) is 0. The second kappa shape index (κ2) is 5.24. The number of hydrogen-bond donors (Lipinski definition) is 3. The van der Waals surface area contributed by atoms with Crippen LogP contribution in [0.15, 0.2) is 5.10 Å². The van der Waals surface area contributed by atoms with Crippen molar-refractivity contribution in [3.05, 3.63) is 0 Å². The van der Waals surface area contributed by atoms with Crippen LogP contribution in [0.2, 0.25) is 0 Å². The van der Waals surface area contributed by atoms with E-state index in [-0.39, 0.29) is 0 Å². The van der Waals surface area contributed by atoms with E-state index in [1.165, 1.54) is 0 Å². The summed E-state index contributed by atoms with van der Waals surface area (Å²) < 4.78 is 0. The van der Waals surface area contributed by atoms with Gasteiger partial charge >= 0.3 is 0 Å². The van der Waals surface area contributed by atoms with Crippen LogP contribution in [0.3, 0.4) is 0 Å². The molecule has 0 aromatic heterocycles. The number of hydrogen-bond acceptors (Lipinski definition) is 4. The highest BCUT2D eigenvalue weighted by Crippen LogP contribution is 1.77. The van der Waals surface area contributed by atoms with Gasteiger partial charge in [0.25, 0.3) is 0 Å². The van der Waals surface area contributed by atoms with Crippen LogP contribution in [-0.4, -0.2) is 25.5 Å². The summed E-state index contributed by atoms with van der Waals surface area (Å²) in [6.45, 7) is 0.811. The lowest BCUT2D eigenvalue weighted by molar-refractivity contribution is 0.825. The summed E-state index contributed by atoms with van der Waals surface area (Å²) in [4.78, 5) is 0. The van der Waals surface area contributed by atoms with Gasteiger partial charge in [-0.1, -0.05) is 0 Å². The third-order valence-corrected chi connectivity index (χ3v) is 0.964. The lowest BCUT2D eigenvalue weighted by atomic mass is 10.3. The quantitative estimate of drug-likeness (QED) is 0.273. The van der Waals surface area contributed by atoms with Crippen molar-refractivity contribution in [2.45, 2.75) is 6.42 Å².